The molecule has 0 saturated carbocycles. The van der Waals surface area contributed by atoms with E-state index in [1.165, 1.54) is 24.8 Å². The normalized spacial score (nSPS) is 9.78. The Bertz CT molecular complexity index is 3010. The van der Waals surface area contributed by atoms with E-state index < -0.39 is 23.5 Å². The number of isocyanates is 2. The molecule has 0 saturated heterocycles. The van der Waals surface area contributed by atoms with Crippen molar-refractivity contribution in [3.8, 4) is 23.0 Å². The Morgan fingerprint density at radius 3 is 1.54 bits per heavy atom. The molecular formula is C48H53N13O11. The number of imidazole rings is 2. The summed E-state index contributed by atoms with van der Waals surface area (Å²) in [4.78, 5) is 81.2. The van der Waals surface area contributed by atoms with Gasteiger partial charge in [-0.1, -0.05) is 53.7 Å². The van der Waals surface area contributed by atoms with Crippen molar-refractivity contribution in [2.75, 3.05) is 28.4 Å². The number of rotatable bonds is 15. The van der Waals surface area contributed by atoms with Gasteiger partial charge in [0.2, 0.25) is 18.0 Å². The molecule has 24 heteroatoms. The first-order valence-corrected chi connectivity index (χ1v) is 21.1. The number of carboxylic acids is 1. The second-order valence-electron chi connectivity index (χ2n) is 14.9. The number of benzene rings is 4. The van der Waals surface area contributed by atoms with Crippen LogP contribution in [0.15, 0.2) is 105 Å². The number of aliphatic imine (C=N–C) groups is 2. The number of carboxylic acid groups (broad SMARTS) is 1. The number of ether oxygens (including phenoxy) is 4. The van der Waals surface area contributed by atoms with E-state index in [1.54, 1.807) is 34.5 Å². The quantitative estimate of drug-likeness (QED) is 0.0499. The van der Waals surface area contributed by atoms with Crippen LogP contribution in [0.25, 0.3) is 5.65 Å². The molecule has 3 aromatic heterocycles. The van der Waals surface area contributed by atoms with Gasteiger partial charge >= 0.3 is 11.7 Å². The summed E-state index contributed by atoms with van der Waals surface area (Å²) in [5.41, 5.74) is 23.8. The Hall–Kier alpha value is -9.66. The van der Waals surface area contributed by atoms with Gasteiger partial charge in [0.15, 0.2) is 17.0 Å². The fourth-order valence-corrected chi connectivity index (χ4v) is 6.17. The van der Waals surface area contributed by atoms with Crippen molar-refractivity contribution in [3.63, 3.8) is 0 Å². The number of nitrogens with one attached hydrogen (secondary N) is 2. The van der Waals surface area contributed by atoms with Crippen LogP contribution >= 0.6 is 0 Å². The number of carbonyl (C=O) groups excluding carboxylic acids is 4. The van der Waals surface area contributed by atoms with Crippen LogP contribution < -0.4 is 36.1 Å². The van der Waals surface area contributed by atoms with Gasteiger partial charge in [-0.25, -0.2) is 44.3 Å². The van der Waals surface area contributed by atoms with Crippen LogP contribution in [0.4, 0.5) is 5.82 Å². The molecular weight excluding hydrogens is 935 g/mol. The first kappa shape index (κ1) is 56.7. The second kappa shape index (κ2) is 28.6. The van der Waals surface area contributed by atoms with Gasteiger partial charge in [-0.3, -0.25) is 14.4 Å². The molecule has 7 rings (SSSR count). The molecule has 4 aromatic carbocycles. The van der Waals surface area contributed by atoms with Gasteiger partial charge < -0.3 is 40.5 Å². The highest BCUT2D eigenvalue weighted by Gasteiger charge is 2.16. The lowest BCUT2D eigenvalue weighted by molar-refractivity contribution is -0.136. The summed E-state index contributed by atoms with van der Waals surface area (Å²) in [6, 6.07) is 22.7. The molecule has 0 aliphatic rings. The minimum absolute atomic E-state index is 0.00343. The number of primary amides is 2. The van der Waals surface area contributed by atoms with Gasteiger partial charge in [-0.2, -0.15) is 4.68 Å². The smallest absolute Gasteiger partial charge is 0.353 e. The molecule has 0 spiro atoms. The molecule has 7 aromatic rings. The molecule has 72 heavy (non-hydrogen) atoms. The van der Waals surface area contributed by atoms with E-state index >= 15 is 0 Å². The van der Waals surface area contributed by atoms with E-state index in [1.807, 2.05) is 94.4 Å². The van der Waals surface area contributed by atoms with E-state index in [2.05, 4.69) is 40.4 Å². The van der Waals surface area contributed by atoms with Crippen LogP contribution in [0.1, 0.15) is 65.5 Å². The van der Waals surface area contributed by atoms with Gasteiger partial charge in [0.1, 0.15) is 29.3 Å². The monoisotopic (exact) mass is 987 g/mol. The number of aromatic nitrogens is 7. The molecule has 2 amide bonds. The summed E-state index contributed by atoms with van der Waals surface area (Å²) >= 11 is 0. The molecule has 0 bridgehead atoms. The molecule has 0 aliphatic heterocycles. The zero-order valence-corrected chi connectivity index (χ0v) is 40.6. The maximum atomic E-state index is 12.4. The van der Waals surface area contributed by atoms with Crippen molar-refractivity contribution in [2.24, 2.45) is 26.6 Å². The topological polar surface area (TPSA) is 349 Å². The average molecular weight is 988 g/mol. The van der Waals surface area contributed by atoms with Crippen LogP contribution in [0.3, 0.4) is 0 Å². The lowest BCUT2D eigenvalue weighted by atomic mass is 10.1. The number of carbonyl (C=O) groups is 3. The summed E-state index contributed by atoms with van der Waals surface area (Å²) < 4.78 is 22.9. The SMILES string of the molecule is COc1cc(C)ccc1CC(=O)O.COc1cc(C)ccc1CN=C=O.COc1cc(C)ccc1CN=C=O.COc1cc(C)ccc1Cn1nnc2c(C(N)=O)ncn2c1=O.N=Nc1nc[nH]c1C(N)=O. The number of nitrogens with zero attached hydrogens (tertiary/aromatic N) is 9. The Morgan fingerprint density at radius 1 is 0.694 bits per heavy atom. The molecule has 376 valence electrons. The van der Waals surface area contributed by atoms with Crippen molar-refractivity contribution in [1.29, 1.82) is 5.53 Å². The van der Waals surface area contributed by atoms with E-state index in [0.717, 1.165) is 59.5 Å². The number of hydrogen-bond acceptors (Lipinski definition) is 18. The van der Waals surface area contributed by atoms with Crippen LogP contribution in [0.5, 0.6) is 23.0 Å². The number of aryl methyl sites for hydroxylation is 4. The number of aromatic amines is 1. The predicted molar refractivity (Wildman–Crippen MR) is 260 cm³/mol. The number of amides is 2. The van der Waals surface area contributed by atoms with Crippen molar-refractivity contribution >= 4 is 41.4 Å². The van der Waals surface area contributed by atoms with Crippen molar-refractivity contribution in [1.82, 2.24) is 34.3 Å². The molecule has 3 heterocycles. The third-order valence-corrected chi connectivity index (χ3v) is 9.68. The van der Waals surface area contributed by atoms with Crippen LogP contribution in [0.2, 0.25) is 0 Å². The Labute approximate surface area is 411 Å². The minimum atomic E-state index is -0.845. The largest absolute Gasteiger partial charge is 0.496 e. The van der Waals surface area contributed by atoms with E-state index in [-0.39, 0.29) is 35.8 Å². The van der Waals surface area contributed by atoms with Gasteiger partial charge in [-0.05, 0) is 74.2 Å². The summed E-state index contributed by atoms with van der Waals surface area (Å²) in [5.74, 6) is 0.569. The number of nitrogens with two attached hydrogens (primary N) is 2. The third-order valence-electron chi connectivity index (χ3n) is 9.68. The Morgan fingerprint density at radius 2 is 1.14 bits per heavy atom. The first-order valence-electron chi connectivity index (χ1n) is 21.1. The average Bonchev–Trinajstić information content (AvgIpc) is 4.05. The highest BCUT2D eigenvalue weighted by Crippen LogP contribution is 2.23. The van der Waals surface area contributed by atoms with Crippen molar-refractivity contribution in [3.05, 3.63) is 152 Å². The predicted octanol–water partition coefficient (Wildman–Crippen LogP) is 5.23. The molecule has 7 N–H and O–H groups in total. The van der Waals surface area contributed by atoms with Gasteiger partial charge in [0, 0.05) is 22.3 Å². The summed E-state index contributed by atoms with van der Waals surface area (Å²) in [6.07, 6.45) is 5.47. The first-order chi connectivity index (χ1) is 34.4. The number of aliphatic carboxylic acids is 1. The number of fused-ring (bicyclic) bond motifs is 1. The number of methoxy groups -OCH3 is 4. The van der Waals surface area contributed by atoms with Crippen LogP contribution in [-0.4, -0.2) is 97.8 Å². The Balaban J connectivity index is 0.000000247. The number of hydrogen-bond donors (Lipinski definition) is 5. The van der Waals surface area contributed by atoms with Gasteiger partial charge in [-0.15, -0.1) is 10.2 Å². The highest BCUT2D eigenvalue weighted by atomic mass is 16.5. The minimum Gasteiger partial charge on any atom is -0.496 e. The molecule has 0 unspecified atom stereocenters. The summed E-state index contributed by atoms with van der Waals surface area (Å²) in [7, 11) is 6.30. The molecule has 0 aliphatic carbocycles. The van der Waals surface area contributed by atoms with Crippen LogP contribution in [0, 0.1) is 33.2 Å². The fourth-order valence-electron chi connectivity index (χ4n) is 6.17. The van der Waals surface area contributed by atoms with Crippen molar-refractivity contribution in [2.45, 2.75) is 53.8 Å². The highest BCUT2D eigenvalue weighted by molar-refractivity contribution is 5.96. The molecule has 0 fully saturated rings. The lowest BCUT2D eigenvalue weighted by Gasteiger charge is -2.10. The van der Waals surface area contributed by atoms with Crippen LogP contribution in [-0.2, 0) is 40.4 Å². The molecule has 0 atom stereocenters. The fraction of sp³-hybridized carbons (Fsp3) is 0.250. The zero-order valence-electron chi connectivity index (χ0n) is 40.6. The maximum absolute atomic E-state index is 12.4. The van der Waals surface area contributed by atoms with Gasteiger partial charge in [0.05, 0.1) is 60.8 Å². The summed E-state index contributed by atoms with van der Waals surface area (Å²) in [6.45, 7) is 8.67. The zero-order chi connectivity index (χ0) is 53.3. The lowest BCUT2D eigenvalue weighted by Crippen LogP contribution is -2.30. The number of H-pyrrole nitrogens is 1. The Kier molecular flexibility index (Phi) is 22.5. The van der Waals surface area contributed by atoms with Gasteiger partial charge in [0.25, 0.3) is 11.8 Å². The molecule has 0 radical (unpaired) electrons. The van der Waals surface area contributed by atoms with E-state index in [0.29, 0.717) is 30.2 Å². The molecule has 24 nitrogen and oxygen atoms in total. The summed E-state index contributed by atoms with van der Waals surface area (Å²) in [5, 5.41) is 19.3. The van der Waals surface area contributed by atoms with Crippen molar-refractivity contribution < 1.29 is 48.0 Å². The third kappa shape index (κ3) is 16.8. The second-order valence-corrected chi connectivity index (χ2v) is 14.9. The van der Waals surface area contributed by atoms with E-state index in [9.17, 15) is 28.8 Å². The standard InChI is InChI=1S/C14H14N6O3.2C10H11NO2.C10H12O3.C4H5N5O/c1-8-3-4-9(10(5-8)23-2)6-20-14(22)19-7-16-11(12(15)21)13(19)17-18-20;2*1-8-3-4-9(6-11-7-12)10(5-8)13-2;1-7-3-4-8(6-10(11)12)9(5-7)13-2;5-3(10)2-4(9-6)8-1-7-2/h3-5,7H,6H2,1-2H3,(H2,15,21);2*3-5H,6H2,1-2H3;3-5H,6H2,1-2H3,(H,11,12);1,6H,(H2,5,10)(H,7,8). The van der Waals surface area contributed by atoms with E-state index in [4.69, 9.17) is 41.1 Å². The maximum Gasteiger partial charge on any atom is 0.353 e.